The van der Waals surface area contributed by atoms with E-state index < -0.39 is 0 Å². The van der Waals surface area contributed by atoms with Crippen LogP contribution < -0.4 is 5.32 Å². The van der Waals surface area contributed by atoms with Crippen LogP contribution in [-0.4, -0.2) is 22.8 Å². The van der Waals surface area contributed by atoms with Crippen molar-refractivity contribution in [1.82, 2.24) is 9.88 Å². The molecule has 0 radical (unpaired) electrons. The standard InChI is InChI=1S/C22H25N3OS/c1-16-4-8-18(9-5-16)13-25(3)14-20-15-27-22(24-20)12-21(26)23-19-10-6-17(2)7-11-19/h4-11,15H,12-14H2,1-3H3,(H,23,26). The van der Waals surface area contributed by atoms with Gasteiger partial charge in [-0.2, -0.15) is 0 Å². The quantitative estimate of drug-likeness (QED) is 0.654. The lowest BCUT2D eigenvalue weighted by Crippen LogP contribution is -2.18. The minimum Gasteiger partial charge on any atom is -0.326 e. The van der Waals surface area contributed by atoms with Crippen LogP contribution in [0.2, 0.25) is 0 Å². The number of aryl methyl sites for hydroxylation is 2. The third-order valence-electron chi connectivity index (χ3n) is 4.25. The maximum absolute atomic E-state index is 12.2. The number of carbonyl (C=O) groups excluding carboxylic acids is 1. The van der Waals surface area contributed by atoms with Crippen LogP contribution in [-0.2, 0) is 24.3 Å². The van der Waals surface area contributed by atoms with E-state index in [-0.39, 0.29) is 5.91 Å². The van der Waals surface area contributed by atoms with Crippen molar-refractivity contribution in [1.29, 1.82) is 0 Å². The molecular formula is C22H25N3OS. The van der Waals surface area contributed by atoms with E-state index in [2.05, 4.69) is 53.4 Å². The molecule has 0 saturated carbocycles. The summed E-state index contributed by atoms with van der Waals surface area (Å²) < 4.78 is 0. The fourth-order valence-corrected chi connectivity index (χ4v) is 3.60. The molecule has 0 aliphatic rings. The molecule has 0 aliphatic heterocycles. The second kappa shape index (κ2) is 8.93. The van der Waals surface area contributed by atoms with Gasteiger partial charge in [0, 0.05) is 24.2 Å². The molecule has 3 aromatic rings. The molecular weight excluding hydrogens is 354 g/mol. The van der Waals surface area contributed by atoms with Gasteiger partial charge in [-0.25, -0.2) is 4.98 Å². The van der Waals surface area contributed by atoms with Crippen molar-refractivity contribution >= 4 is 22.9 Å². The summed E-state index contributed by atoms with van der Waals surface area (Å²) in [6, 6.07) is 16.4. The van der Waals surface area contributed by atoms with Crippen LogP contribution in [0.15, 0.2) is 53.9 Å². The largest absolute Gasteiger partial charge is 0.326 e. The molecule has 140 valence electrons. The monoisotopic (exact) mass is 379 g/mol. The highest BCUT2D eigenvalue weighted by Crippen LogP contribution is 2.15. The van der Waals surface area contributed by atoms with E-state index >= 15 is 0 Å². The first-order valence-electron chi connectivity index (χ1n) is 9.02. The summed E-state index contributed by atoms with van der Waals surface area (Å²) in [7, 11) is 2.09. The van der Waals surface area contributed by atoms with Crippen LogP contribution in [0.3, 0.4) is 0 Å². The molecule has 1 amide bonds. The Morgan fingerprint density at radius 1 is 1.00 bits per heavy atom. The van der Waals surface area contributed by atoms with Gasteiger partial charge < -0.3 is 5.32 Å². The Morgan fingerprint density at radius 2 is 1.63 bits per heavy atom. The number of aromatic nitrogens is 1. The molecule has 1 heterocycles. The Balaban J connectivity index is 1.50. The number of hydrogen-bond acceptors (Lipinski definition) is 4. The molecule has 4 nitrogen and oxygen atoms in total. The minimum atomic E-state index is -0.0345. The lowest BCUT2D eigenvalue weighted by molar-refractivity contribution is -0.115. The summed E-state index contributed by atoms with van der Waals surface area (Å²) in [5.74, 6) is -0.0345. The highest BCUT2D eigenvalue weighted by molar-refractivity contribution is 7.09. The highest BCUT2D eigenvalue weighted by atomic mass is 32.1. The van der Waals surface area contributed by atoms with E-state index in [4.69, 9.17) is 0 Å². The fourth-order valence-electron chi connectivity index (χ4n) is 2.82. The molecule has 0 atom stereocenters. The summed E-state index contributed by atoms with van der Waals surface area (Å²) in [5.41, 5.74) is 5.56. The average Bonchev–Trinajstić information content (AvgIpc) is 3.05. The zero-order valence-electron chi connectivity index (χ0n) is 16.0. The molecule has 27 heavy (non-hydrogen) atoms. The van der Waals surface area contributed by atoms with Gasteiger partial charge in [-0.15, -0.1) is 11.3 Å². The number of anilines is 1. The Bertz CT molecular complexity index is 885. The Labute approximate surface area is 164 Å². The summed E-state index contributed by atoms with van der Waals surface area (Å²) in [6.45, 7) is 5.77. The Morgan fingerprint density at radius 3 is 2.30 bits per heavy atom. The maximum Gasteiger partial charge on any atom is 0.231 e. The van der Waals surface area contributed by atoms with Gasteiger partial charge in [0.05, 0.1) is 12.1 Å². The van der Waals surface area contributed by atoms with Crippen LogP contribution in [0, 0.1) is 13.8 Å². The van der Waals surface area contributed by atoms with E-state index in [1.165, 1.54) is 16.7 Å². The average molecular weight is 380 g/mol. The summed E-state index contributed by atoms with van der Waals surface area (Å²) in [6.07, 6.45) is 0.306. The van der Waals surface area contributed by atoms with Crippen molar-refractivity contribution in [2.75, 3.05) is 12.4 Å². The van der Waals surface area contributed by atoms with E-state index in [1.807, 2.05) is 36.6 Å². The molecule has 0 fully saturated rings. The molecule has 0 aliphatic carbocycles. The number of hydrogen-bond donors (Lipinski definition) is 1. The molecule has 3 rings (SSSR count). The van der Waals surface area contributed by atoms with Crippen molar-refractivity contribution in [2.45, 2.75) is 33.4 Å². The Kier molecular flexibility index (Phi) is 6.37. The van der Waals surface area contributed by atoms with Gasteiger partial charge in [-0.1, -0.05) is 47.5 Å². The number of rotatable bonds is 7. The van der Waals surface area contributed by atoms with E-state index in [0.29, 0.717) is 6.42 Å². The van der Waals surface area contributed by atoms with Crippen molar-refractivity contribution in [3.63, 3.8) is 0 Å². The number of nitrogens with zero attached hydrogens (tertiary/aromatic N) is 2. The van der Waals surface area contributed by atoms with Gasteiger partial charge >= 0.3 is 0 Å². The van der Waals surface area contributed by atoms with Gasteiger partial charge in [-0.05, 0) is 38.6 Å². The molecule has 5 heteroatoms. The van der Waals surface area contributed by atoms with Crippen LogP contribution >= 0.6 is 11.3 Å². The molecule has 1 N–H and O–H groups in total. The highest BCUT2D eigenvalue weighted by Gasteiger charge is 2.10. The van der Waals surface area contributed by atoms with E-state index in [1.54, 1.807) is 11.3 Å². The number of benzene rings is 2. The second-order valence-corrected chi connectivity index (χ2v) is 7.92. The third-order valence-corrected chi connectivity index (χ3v) is 5.15. The van der Waals surface area contributed by atoms with Crippen LogP contribution in [0.25, 0.3) is 0 Å². The predicted molar refractivity (Wildman–Crippen MR) is 112 cm³/mol. The third kappa shape index (κ3) is 6.01. The minimum absolute atomic E-state index is 0.0345. The van der Waals surface area contributed by atoms with Gasteiger partial charge in [0.15, 0.2) is 0 Å². The van der Waals surface area contributed by atoms with Crippen molar-refractivity contribution in [2.24, 2.45) is 0 Å². The Hall–Kier alpha value is -2.50. The first kappa shape index (κ1) is 19.3. The normalized spacial score (nSPS) is 11.0. The number of thiazole rings is 1. The van der Waals surface area contributed by atoms with Crippen molar-refractivity contribution in [3.05, 3.63) is 81.3 Å². The smallest absolute Gasteiger partial charge is 0.231 e. The number of amides is 1. The van der Waals surface area contributed by atoms with Gasteiger partial charge in [-0.3, -0.25) is 9.69 Å². The lowest BCUT2D eigenvalue weighted by Gasteiger charge is -2.15. The molecule has 1 aromatic heterocycles. The first-order chi connectivity index (χ1) is 13.0. The first-order valence-corrected chi connectivity index (χ1v) is 9.90. The maximum atomic E-state index is 12.2. The van der Waals surface area contributed by atoms with Crippen molar-refractivity contribution in [3.8, 4) is 0 Å². The topological polar surface area (TPSA) is 45.2 Å². The number of nitrogens with one attached hydrogen (secondary N) is 1. The van der Waals surface area contributed by atoms with Gasteiger partial charge in [0.2, 0.25) is 5.91 Å². The summed E-state index contributed by atoms with van der Waals surface area (Å²) >= 11 is 1.54. The van der Waals surface area contributed by atoms with Crippen LogP contribution in [0.1, 0.15) is 27.4 Å². The molecule has 2 aromatic carbocycles. The summed E-state index contributed by atoms with van der Waals surface area (Å²) in [4.78, 5) is 19.1. The van der Waals surface area contributed by atoms with E-state index in [0.717, 1.165) is 29.5 Å². The number of carbonyl (C=O) groups is 1. The predicted octanol–water partition coefficient (Wildman–Crippen LogP) is 4.57. The second-order valence-electron chi connectivity index (χ2n) is 6.98. The van der Waals surface area contributed by atoms with E-state index in [9.17, 15) is 4.79 Å². The zero-order valence-corrected chi connectivity index (χ0v) is 16.8. The molecule has 0 unspecified atom stereocenters. The fraction of sp³-hybridized carbons (Fsp3) is 0.273. The van der Waals surface area contributed by atoms with Crippen LogP contribution in [0.4, 0.5) is 5.69 Å². The zero-order chi connectivity index (χ0) is 19.2. The van der Waals surface area contributed by atoms with Gasteiger partial charge in [0.1, 0.15) is 5.01 Å². The SMILES string of the molecule is Cc1ccc(CN(C)Cc2csc(CC(=O)Nc3ccc(C)cc3)n2)cc1. The molecule has 0 spiro atoms. The van der Waals surface area contributed by atoms with Crippen LogP contribution in [0.5, 0.6) is 0 Å². The molecule has 0 bridgehead atoms. The van der Waals surface area contributed by atoms with Gasteiger partial charge in [0.25, 0.3) is 0 Å². The lowest BCUT2D eigenvalue weighted by atomic mass is 10.1. The molecule has 0 saturated heterocycles. The van der Waals surface area contributed by atoms with Crippen molar-refractivity contribution < 1.29 is 4.79 Å². The summed E-state index contributed by atoms with van der Waals surface area (Å²) in [5, 5.41) is 5.81.